The Hall–Kier alpha value is -1.10. The van der Waals surface area contributed by atoms with Crippen molar-refractivity contribution in [2.75, 3.05) is 57.4 Å². The van der Waals surface area contributed by atoms with Crippen LogP contribution >= 0.6 is 0 Å². The van der Waals surface area contributed by atoms with Crippen molar-refractivity contribution in [3.63, 3.8) is 0 Å². The minimum absolute atomic E-state index is 0.200. The highest BCUT2D eigenvalue weighted by atomic mass is 16.5. The first-order valence-electron chi connectivity index (χ1n) is 8.03. The Kier molecular flexibility index (Phi) is 4.48. The molecule has 4 heteroatoms. The third kappa shape index (κ3) is 3.39. The predicted octanol–water partition coefficient (Wildman–Crippen LogP) is 1.48. The fraction of sp³-hybridized carbons (Fsp3) is 0.647. The topological polar surface area (TPSA) is 41.7 Å². The van der Waals surface area contributed by atoms with Crippen LogP contribution in [0.15, 0.2) is 24.3 Å². The lowest BCUT2D eigenvalue weighted by Gasteiger charge is -2.40. The molecule has 3 rings (SSSR count). The molecule has 2 N–H and O–H groups in total. The van der Waals surface area contributed by atoms with E-state index < -0.39 is 0 Å². The number of benzene rings is 1. The SMILES string of the molecule is Cc1cccc(N2CCN(CC3(CN)CCOC3)CC2)c1. The highest BCUT2D eigenvalue weighted by molar-refractivity contribution is 5.48. The normalized spacial score (nSPS) is 27.2. The van der Waals surface area contributed by atoms with Crippen molar-refractivity contribution in [3.8, 4) is 0 Å². The molecule has 0 saturated carbocycles. The van der Waals surface area contributed by atoms with Crippen molar-refractivity contribution >= 4 is 5.69 Å². The number of rotatable bonds is 4. The first-order valence-corrected chi connectivity index (χ1v) is 8.03. The molecule has 1 aromatic rings. The molecular weight excluding hydrogens is 262 g/mol. The summed E-state index contributed by atoms with van der Waals surface area (Å²) < 4.78 is 5.58. The van der Waals surface area contributed by atoms with Crippen LogP contribution in [0.25, 0.3) is 0 Å². The van der Waals surface area contributed by atoms with E-state index in [-0.39, 0.29) is 5.41 Å². The molecule has 1 atom stereocenters. The smallest absolute Gasteiger partial charge is 0.0547 e. The first-order chi connectivity index (χ1) is 10.2. The molecule has 0 amide bonds. The van der Waals surface area contributed by atoms with Gasteiger partial charge in [0.25, 0.3) is 0 Å². The number of nitrogens with two attached hydrogens (primary N) is 1. The fourth-order valence-corrected chi connectivity index (χ4v) is 3.46. The Labute approximate surface area is 127 Å². The summed E-state index contributed by atoms with van der Waals surface area (Å²) in [6.45, 7) is 10.1. The maximum Gasteiger partial charge on any atom is 0.0547 e. The van der Waals surface area contributed by atoms with E-state index in [0.29, 0.717) is 0 Å². The highest BCUT2D eigenvalue weighted by Crippen LogP contribution is 2.29. The van der Waals surface area contributed by atoms with Gasteiger partial charge in [-0.1, -0.05) is 12.1 Å². The molecule has 2 aliphatic rings. The van der Waals surface area contributed by atoms with E-state index in [1.807, 2.05) is 0 Å². The van der Waals surface area contributed by atoms with Gasteiger partial charge in [0.05, 0.1) is 6.61 Å². The third-order valence-corrected chi connectivity index (χ3v) is 4.92. The van der Waals surface area contributed by atoms with Crippen LogP contribution in [-0.4, -0.2) is 57.4 Å². The van der Waals surface area contributed by atoms with E-state index in [0.717, 1.165) is 58.9 Å². The lowest BCUT2D eigenvalue weighted by molar-refractivity contribution is 0.111. The average Bonchev–Trinajstić information content (AvgIpc) is 2.97. The molecule has 0 aromatic heterocycles. The van der Waals surface area contributed by atoms with Gasteiger partial charge in [-0.25, -0.2) is 0 Å². The summed E-state index contributed by atoms with van der Waals surface area (Å²) in [5.41, 5.74) is 8.89. The zero-order valence-corrected chi connectivity index (χ0v) is 13.1. The second-order valence-electron chi connectivity index (χ2n) is 6.61. The van der Waals surface area contributed by atoms with Crippen LogP contribution < -0.4 is 10.6 Å². The molecule has 2 fully saturated rings. The van der Waals surface area contributed by atoms with E-state index >= 15 is 0 Å². The summed E-state index contributed by atoms with van der Waals surface area (Å²) in [5, 5.41) is 0. The lowest BCUT2D eigenvalue weighted by Crippen LogP contribution is -2.51. The van der Waals surface area contributed by atoms with Crippen molar-refractivity contribution in [2.45, 2.75) is 13.3 Å². The second kappa shape index (κ2) is 6.34. The molecule has 2 heterocycles. The van der Waals surface area contributed by atoms with Crippen molar-refractivity contribution in [1.29, 1.82) is 0 Å². The number of aryl methyl sites for hydroxylation is 1. The van der Waals surface area contributed by atoms with Gasteiger partial charge >= 0.3 is 0 Å². The first kappa shape index (κ1) is 14.8. The zero-order chi connectivity index (χ0) is 14.7. The Morgan fingerprint density at radius 3 is 2.67 bits per heavy atom. The minimum Gasteiger partial charge on any atom is -0.381 e. The van der Waals surface area contributed by atoms with E-state index in [1.54, 1.807) is 0 Å². The van der Waals surface area contributed by atoms with Crippen LogP contribution in [-0.2, 0) is 4.74 Å². The van der Waals surface area contributed by atoms with Crippen molar-refractivity contribution in [1.82, 2.24) is 4.90 Å². The van der Waals surface area contributed by atoms with Crippen LogP contribution in [0.1, 0.15) is 12.0 Å². The molecule has 1 unspecified atom stereocenters. The Bertz CT molecular complexity index is 463. The van der Waals surface area contributed by atoms with Gasteiger partial charge < -0.3 is 15.4 Å². The number of hydrogen-bond acceptors (Lipinski definition) is 4. The van der Waals surface area contributed by atoms with Crippen molar-refractivity contribution < 1.29 is 4.74 Å². The summed E-state index contributed by atoms with van der Waals surface area (Å²) in [4.78, 5) is 5.05. The summed E-state index contributed by atoms with van der Waals surface area (Å²) in [5.74, 6) is 0. The van der Waals surface area contributed by atoms with Crippen molar-refractivity contribution in [3.05, 3.63) is 29.8 Å². The maximum atomic E-state index is 6.00. The Morgan fingerprint density at radius 1 is 1.24 bits per heavy atom. The molecule has 0 aliphatic carbocycles. The quantitative estimate of drug-likeness (QED) is 0.912. The molecule has 0 bridgehead atoms. The van der Waals surface area contributed by atoms with Crippen LogP contribution in [0.2, 0.25) is 0 Å². The van der Waals surface area contributed by atoms with Gasteiger partial charge in [0.1, 0.15) is 0 Å². The molecule has 2 aliphatic heterocycles. The fourth-order valence-electron chi connectivity index (χ4n) is 3.46. The summed E-state index contributed by atoms with van der Waals surface area (Å²) in [7, 11) is 0. The van der Waals surface area contributed by atoms with Gasteiger partial charge in [0, 0.05) is 57.0 Å². The Morgan fingerprint density at radius 2 is 2.05 bits per heavy atom. The van der Waals surface area contributed by atoms with Gasteiger partial charge in [-0.2, -0.15) is 0 Å². The molecular formula is C17H27N3O. The molecule has 2 saturated heterocycles. The highest BCUT2D eigenvalue weighted by Gasteiger charge is 2.36. The standard InChI is InChI=1S/C17H27N3O/c1-15-3-2-4-16(11-15)20-8-6-19(7-9-20)13-17(12-18)5-10-21-14-17/h2-4,11H,5-10,12-14,18H2,1H3. The number of piperazine rings is 1. The third-order valence-electron chi connectivity index (χ3n) is 4.92. The molecule has 0 spiro atoms. The van der Waals surface area contributed by atoms with E-state index in [1.165, 1.54) is 11.3 Å². The number of nitrogens with zero attached hydrogens (tertiary/aromatic N) is 2. The lowest BCUT2D eigenvalue weighted by atomic mass is 9.86. The van der Waals surface area contributed by atoms with E-state index in [9.17, 15) is 0 Å². The van der Waals surface area contributed by atoms with Crippen LogP contribution in [0.4, 0.5) is 5.69 Å². The number of ether oxygens (including phenoxy) is 1. The predicted molar refractivity (Wildman–Crippen MR) is 86.8 cm³/mol. The molecule has 4 nitrogen and oxygen atoms in total. The van der Waals surface area contributed by atoms with Gasteiger partial charge in [0.15, 0.2) is 0 Å². The number of hydrogen-bond donors (Lipinski definition) is 1. The summed E-state index contributed by atoms with van der Waals surface area (Å²) in [6.07, 6.45) is 1.11. The molecule has 1 aromatic carbocycles. The molecule has 116 valence electrons. The van der Waals surface area contributed by atoms with E-state index in [4.69, 9.17) is 10.5 Å². The molecule has 21 heavy (non-hydrogen) atoms. The Balaban J connectivity index is 1.55. The largest absolute Gasteiger partial charge is 0.381 e. The minimum atomic E-state index is 0.200. The van der Waals surface area contributed by atoms with Crippen LogP contribution in [0.3, 0.4) is 0 Å². The summed E-state index contributed by atoms with van der Waals surface area (Å²) >= 11 is 0. The van der Waals surface area contributed by atoms with Gasteiger partial charge in [-0.3, -0.25) is 4.90 Å². The number of anilines is 1. The molecule has 0 radical (unpaired) electrons. The van der Waals surface area contributed by atoms with Gasteiger partial charge in [-0.15, -0.1) is 0 Å². The van der Waals surface area contributed by atoms with E-state index in [2.05, 4.69) is 41.0 Å². The van der Waals surface area contributed by atoms with Crippen molar-refractivity contribution in [2.24, 2.45) is 11.1 Å². The zero-order valence-electron chi connectivity index (χ0n) is 13.1. The monoisotopic (exact) mass is 289 g/mol. The van der Waals surface area contributed by atoms with Crippen LogP contribution in [0, 0.1) is 12.3 Å². The maximum absolute atomic E-state index is 6.00. The second-order valence-corrected chi connectivity index (χ2v) is 6.61. The van der Waals surface area contributed by atoms with Crippen LogP contribution in [0.5, 0.6) is 0 Å². The van der Waals surface area contributed by atoms with Gasteiger partial charge in [0.2, 0.25) is 0 Å². The van der Waals surface area contributed by atoms with Gasteiger partial charge in [-0.05, 0) is 31.0 Å². The summed E-state index contributed by atoms with van der Waals surface area (Å²) in [6, 6.07) is 8.80. The average molecular weight is 289 g/mol.